The van der Waals surface area contributed by atoms with Crippen LogP contribution in [0.4, 0.5) is 4.79 Å². The summed E-state index contributed by atoms with van der Waals surface area (Å²) in [7, 11) is 1.45. The fourth-order valence-corrected chi connectivity index (χ4v) is 5.27. The Morgan fingerprint density at radius 1 is 1.06 bits per heavy atom. The number of esters is 1. The van der Waals surface area contributed by atoms with Crippen molar-refractivity contribution in [1.29, 1.82) is 0 Å². The number of carbonyl (C=O) groups excluding carboxylic acids is 3. The van der Waals surface area contributed by atoms with E-state index >= 15 is 0 Å². The van der Waals surface area contributed by atoms with Crippen molar-refractivity contribution in [3.05, 3.63) is 95.9 Å². The predicted molar refractivity (Wildman–Crippen MR) is 145 cm³/mol. The van der Waals surface area contributed by atoms with Gasteiger partial charge in [-0.05, 0) is 94.0 Å². The fraction of sp³-hybridized carbons (Fsp3) is 0.0800. The highest BCUT2D eigenvalue weighted by Crippen LogP contribution is 2.38. The Morgan fingerprint density at radius 2 is 1.77 bits per heavy atom. The quantitative estimate of drug-likeness (QED) is 0.124. The van der Waals surface area contributed by atoms with E-state index in [0.717, 1.165) is 17.3 Å². The number of nitrogens with zero attached hydrogens (tertiary/aromatic N) is 1. The van der Waals surface area contributed by atoms with Gasteiger partial charge in [0.1, 0.15) is 0 Å². The summed E-state index contributed by atoms with van der Waals surface area (Å²) in [5, 5.41) is 0.582. The molecule has 1 aliphatic rings. The van der Waals surface area contributed by atoms with Crippen molar-refractivity contribution in [3.8, 4) is 11.5 Å². The number of methoxy groups -OCH3 is 1. The number of carbonyl (C=O) groups is 3. The molecule has 3 aromatic rings. The normalized spacial score (nSPS) is 14.5. The second-order valence-corrected chi connectivity index (χ2v) is 10.4. The zero-order chi connectivity index (χ0) is 25.1. The first-order valence-electron chi connectivity index (χ1n) is 10.1. The topological polar surface area (TPSA) is 72.9 Å². The number of benzene rings is 3. The lowest BCUT2D eigenvalue weighted by Crippen LogP contribution is -2.27. The summed E-state index contributed by atoms with van der Waals surface area (Å²) >= 11 is 14.9. The second-order valence-electron chi connectivity index (χ2n) is 7.33. The van der Waals surface area contributed by atoms with Crippen LogP contribution in [0.15, 0.2) is 65.6 Å². The van der Waals surface area contributed by atoms with Gasteiger partial charge in [-0.25, -0.2) is 4.79 Å². The zero-order valence-corrected chi connectivity index (χ0v) is 22.6. The first-order chi connectivity index (χ1) is 16.7. The van der Waals surface area contributed by atoms with Crippen LogP contribution in [0.1, 0.15) is 21.5 Å². The van der Waals surface area contributed by atoms with E-state index in [1.54, 1.807) is 60.7 Å². The van der Waals surface area contributed by atoms with E-state index in [-0.39, 0.29) is 22.4 Å². The molecule has 4 rings (SSSR count). The first kappa shape index (κ1) is 25.6. The van der Waals surface area contributed by atoms with Gasteiger partial charge in [0, 0.05) is 10.0 Å². The molecule has 10 heteroatoms. The number of imide groups is 1. The predicted octanol–water partition coefficient (Wildman–Crippen LogP) is 7.06. The lowest BCUT2D eigenvalue weighted by molar-refractivity contribution is -0.123. The largest absolute Gasteiger partial charge is 0.493 e. The van der Waals surface area contributed by atoms with Crippen LogP contribution < -0.4 is 9.47 Å². The molecule has 0 unspecified atom stereocenters. The molecule has 0 radical (unpaired) electrons. The van der Waals surface area contributed by atoms with E-state index in [1.165, 1.54) is 18.1 Å². The van der Waals surface area contributed by atoms with Crippen molar-refractivity contribution in [2.24, 2.45) is 0 Å². The van der Waals surface area contributed by atoms with Gasteiger partial charge in [-0.1, -0.05) is 41.4 Å². The Hall–Kier alpha value is -2.53. The Kier molecular flexibility index (Phi) is 8.05. The summed E-state index contributed by atoms with van der Waals surface area (Å²) in [6, 6.07) is 16.8. The molecule has 1 fully saturated rings. The molecule has 2 amide bonds. The summed E-state index contributed by atoms with van der Waals surface area (Å²) in [6.07, 6.45) is 1.61. The maximum Gasteiger partial charge on any atom is 0.343 e. The van der Waals surface area contributed by atoms with E-state index in [0.29, 0.717) is 30.5 Å². The van der Waals surface area contributed by atoms with Crippen LogP contribution in [0.3, 0.4) is 0 Å². The minimum atomic E-state index is -0.585. The van der Waals surface area contributed by atoms with Crippen molar-refractivity contribution in [3.63, 3.8) is 0 Å². The van der Waals surface area contributed by atoms with Gasteiger partial charge in [0.15, 0.2) is 11.5 Å². The smallest absolute Gasteiger partial charge is 0.343 e. The third-order valence-corrected chi connectivity index (χ3v) is 7.09. The highest BCUT2D eigenvalue weighted by molar-refractivity contribution is 14.1. The number of hydrogen-bond donors (Lipinski definition) is 0. The Balaban J connectivity index is 1.57. The molecule has 3 aromatic carbocycles. The molecule has 0 bridgehead atoms. The summed E-state index contributed by atoms with van der Waals surface area (Å²) in [4.78, 5) is 39.4. The molecule has 0 N–H and O–H groups in total. The van der Waals surface area contributed by atoms with Crippen molar-refractivity contribution in [2.45, 2.75) is 6.54 Å². The van der Waals surface area contributed by atoms with Crippen LogP contribution in [0.2, 0.25) is 10.0 Å². The summed E-state index contributed by atoms with van der Waals surface area (Å²) < 4.78 is 11.6. The molecular formula is C25H16Cl2INO5S. The number of rotatable bonds is 6. The van der Waals surface area contributed by atoms with Crippen LogP contribution in [0.5, 0.6) is 11.5 Å². The lowest BCUT2D eigenvalue weighted by atomic mass is 10.1. The van der Waals surface area contributed by atoms with E-state index in [1.807, 2.05) is 22.6 Å². The first-order valence-corrected chi connectivity index (χ1v) is 12.8. The van der Waals surface area contributed by atoms with Gasteiger partial charge >= 0.3 is 5.97 Å². The monoisotopic (exact) mass is 639 g/mol. The lowest BCUT2D eigenvalue weighted by Gasteiger charge is -2.13. The van der Waals surface area contributed by atoms with Gasteiger partial charge < -0.3 is 9.47 Å². The summed E-state index contributed by atoms with van der Waals surface area (Å²) in [5.41, 5.74) is 1.66. The highest BCUT2D eigenvalue weighted by atomic mass is 127. The van der Waals surface area contributed by atoms with Gasteiger partial charge in [0.05, 0.1) is 27.7 Å². The molecule has 0 atom stereocenters. The van der Waals surface area contributed by atoms with Gasteiger partial charge in [-0.15, -0.1) is 0 Å². The number of hydrogen-bond acceptors (Lipinski definition) is 6. The molecule has 0 saturated carbocycles. The summed E-state index contributed by atoms with van der Waals surface area (Å²) in [5.74, 6) is -0.440. The van der Waals surface area contributed by atoms with E-state index < -0.39 is 11.9 Å². The second kappa shape index (κ2) is 11.0. The molecule has 0 aromatic heterocycles. The molecule has 35 heavy (non-hydrogen) atoms. The van der Waals surface area contributed by atoms with Crippen molar-refractivity contribution in [2.75, 3.05) is 7.11 Å². The molecular weight excluding hydrogens is 624 g/mol. The molecule has 6 nitrogen and oxygen atoms in total. The van der Waals surface area contributed by atoms with Crippen molar-refractivity contribution in [1.82, 2.24) is 4.90 Å². The van der Waals surface area contributed by atoms with E-state index in [9.17, 15) is 14.4 Å². The van der Waals surface area contributed by atoms with Gasteiger partial charge in [0.25, 0.3) is 11.1 Å². The van der Waals surface area contributed by atoms with Crippen LogP contribution in [0.25, 0.3) is 6.08 Å². The van der Waals surface area contributed by atoms with E-state index in [4.69, 9.17) is 32.7 Å². The summed E-state index contributed by atoms with van der Waals surface area (Å²) in [6.45, 7) is 0.127. The molecule has 0 aliphatic carbocycles. The number of amides is 2. The van der Waals surface area contributed by atoms with Gasteiger partial charge in [-0.2, -0.15) is 0 Å². The van der Waals surface area contributed by atoms with Crippen molar-refractivity contribution < 1.29 is 23.9 Å². The van der Waals surface area contributed by atoms with Crippen LogP contribution >= 0.6 is 57.6 Å². The molecule has 1 aliphatic heterocycles. The Labute approximate surface area is 229 Å². The minimum Gasteiger partial charge on any atom is -0.493 e. The van der Waals surface area contributed by atoms with Crippen LogP contribution in [-0.2, 0) is 11.3 Å². The Morgan fingerprint density at radius 3 is 2.46 bits per heavy atom. The Bertz CT molecular complexity index is 1380. The van der Waals surface area contributed by atoms with E-state index in [2.05, 4.69) is 0 Å². The third kappa shape index (κ3) is 6.00. The maximum absolute atomic E-state index is 12.9. The average molecular weight is 640 g/mol. The number of ether oxygens (including phenoxy) is 2. The molecule has 178 valence electrons. The standard InChI is InChI=1S/C25H16Cl2INO5S/c1-33-20-10-15(9-19(28)22(20)34-24(31)16-5-3-7-18(27)12-16)11-21-23(30)29(25(32)35-21)13-14-4-2-6-17(26)8-14/h2-12H,13H2,1H3/b21-11-. The van der Waals surface area contributed by atoms with Gasteiger partial charge in [0.2, 0.25) is 0 Å². The molecule has 1 saturated heterocycles. The fourth-order valence-electron chi connectivity index (χ4n) is 3.29. The molecule has 1 heterocycles. The zero-order valence-electron chi connectivity index (χ0n) is 18.1. The van der Waals surface area contributed by atoms with Gasteiger partial charge in [-0.3, -0.25) is 14.5 Å². The third-order valence-electron chi connectivity index (χ3n) is 4.91. The van der Waals surface area contributed by atoms with Crippen LogP contribution in [0, 0.1) is 3.57 Å². The minimum absolute atomic E-state index is 0.127. The van der Waals surface area contributed by atoms with Crippen LogP contribution in [-0.4, -0.2) is 29.1 Å². The SMILES string of the molecule is COc1cc(/C=C2\SC(=O)N(Cc3cccc(Cl)c3)C2=O)cc(I)c1OC(=O)c1cccc(Cl)c1. The molecule has 0 spiro atoms. The highest BCUT2D eigenvalue weighted by Gasteiger charge is 2.35. The van der Waals surface area contributed by atoms with Crippen molar-refractivity contribution >= 4 is 80.7 Å². The maximum atomic E-state index is 12.9. The average Bonchev–Trinajstić information content (AvgIpc) is 3.07. The number of thioether (sulfide) groups is 1. The number of halogens is 3.